The minimum absolute atomic E-state index is 0. The molecule has 0 aromatic carbocycles. The average molecular weight is 946 g/mol. The minimum Gasteiger partial charge on any atom is -0.550 e. The molecule has 0 fully saturated rings. The van der Waals surface area contributed by atoms with Gasteiger partial charge in [-0.05, 0) is 64.7 Å². The van der Waals surface area contributed by atoms with Crippen LogP contribution in [-0.4, -0.2) is 98.7 Å². The largest absolute Gasteiger partial charge is 2.00 e. The van der Waals surface area contributed by atoms with Crippen molar-refractivity contribution in [2.45, 2.75) is 323 Å². The fourth-order valence-electron chi connectivity index (χ4n) is 9.17. The van der Waals surface area contributed by atoms with Gasteiger partial charge < -0.3 is 29.6 Å². The fraction of sp³-hybridized carbons (Fsp3) is 0.966. The zero-order valence-corrected chi connectivity index (χ0v) is 47.2. The van der Waals surface area contributed by atoms with E-state index in [4.69, 9.17) is 0 Å². The molecular formula is C58H116CaN2O4. The van der Waals surface area contributed by atoms with Crippen LogP contribution in [0.3, 0.4) is 0 Å². The third-order valence-corrected chi connectivity index (χ3v) is 13.6. The first-order valence-corrected chi connectivity index (χ1v) is 29.2. The Morgan fingerprint density at radius 1 is 0.246 bits per heavy atom. The van der Waals surface area contributed by atoms with Crippen molar-refractivity contribution in [1.29, 1.82) is 0 Å². The average Bonchev–Trinajstić information content (AvgIpc) is 3.28. The predicted octanol–water partition coefficient (Wildman–Crippen LogP) is 15.7. The maximum atomic E-state index is 10.9. The Balaban J connectivity index is -0.00000116. The quantitative estimate of drug-likeness (QED) is 0.0446. The Labute approximate surface area is 438 Å². The van der Waals surface area contributed by atoms with Crippen molar-refractivity contribution < 1.29 is 19.8 Å². The number of unbranched alkanes of at least 4 members (excludes halogenated alkanes) is 40. The molecule has 0 aromatic heterocycles. The second kappa shape index (κ2) is 62.1. The number of carboxylic acid groups (broad SMARTS) is 2. The molecule has 0 aromatic rings. The van der Waals surface area contributed by atoms with Crippen molar-refractivity contribution in [3.05, 3.63) is 0 Å². The first kappa shape index (κ1) is 69.4. The van der Waals surface area contributed by atoms with Crippen LogP contribution in [0.2, 0.25) is 0 Å². The maximum absolute atomic E-state index is 10.9. The summed E-state index contributed by atoms with van der Waals surface area (Å²) < 4.78 is 0. The SMILES string of the molecule is CCCCCCCCCCCCCN(CCCCCCCCCCCCC)CCC(=O)[O-].CCCCCCCCCCCCCN(CCCCCCCCCCCCC)CCC(=O)[O-].[Ca+2]. The standard InChI is InChI=1S/2C29H59NO2.Ca/c2*1-3-5-7-9-11-13-15-17-19-21-23-26-30(28-25-29(31)32)27-24-22-20-18-16-14-12-10-8-6-4-2;/h2*3-28H2,1-2H3,(H,31,32);/q;;+2/p-2. The zero-order valence-electron chi connectivity index (χ0n) is 45.0. The molecule has 0 bridgehead atoms. The van der Waals surface area contributed by atoms with Gasteiger partial charge in [-0.1, -0.05) is 285 Å². The molecule has 0 aliphatic rings. The van der Waals surface area contributed by atoms with Crippen molar-refractivity contribution in [1.82, 2.24) is 9.80 Å². The first-order valence-electron chi connectivity index (χ1n) is 29.2. The van der Waals surface area contributed by atoms with E-state index in [0.717, 1.165) is 26.2 Å². The first-order chi connectivity index (χ1) is 31.4. The van der Waals surface area contributed by atoms with Crippen molar-refractivity contribution in [3.8, 4) is 0 Å². The van der Waals surface area contributed by atoms with Gasteiger partial charge in [-0.3, -0.25) is 0 Å². The number of carboxylic acids is 2. The van der Waals surface area contributed by atoms with Gasteiger partial charge in [-0.15, -0.1) is 0 Å². The van der Waals surface area contributed by atoms with Gasteiger partial charge >= 0.3 is 37.7 Å². The van der Waals surface area contributed by atoms with Crippen LogP contribution in [-0.2, 0) is 9.59 Å². The number of carbonyl (C=O) groups excluding carboxylic acids is 2. The minimum atomic E-state index is -0.909. The van der Waals surface area contributed by atoms with Gasteiger partial charge in [0, 0.05) is 25.0 Å². The van der Waals surface area contributed by atoms with Crippen LogP contribution in [0.4, 0.5) is 0 Å². The van der Waals surface area contributed by atoms with Crippen LogP contribution in [0.5, 0.6) is 0 Å². The summed E-state index contributed by atoms with van der Waals surface area (Å²) in [4.78, 5) is 26.5. The molecule has 65 heavy (non-hydrogen) atoms. The molecule has 0 heterocycles. The number of aliphatic carboxylic acids is 2. The maximum Gasteiger partial charge on any atom is 2.00 e. The smallest absolute Gasteiger partial charge is 0.550 e. The van der Waals surface area contributed by atoms with E-state index in [1.807, 2.05) is 0 Å². The second-order valence-corrected chi connectivity index (χ2v) is 20.1. The van der Waals surface area contributed by atoms with Crippen molar-refractivity contribution in [2.75, 3.05) is 39.3 Å². The van der Waals surface area contributed by atoms with Crippen molar-refractivity contribution in [3.63, 3.8) is 0 Å². The number of carbonyl (C=O) groups is 2. The number of hydrogen-bond donors (Lipinski definition) is 0. The van der Waals surface area contributed by atoms with Gasteiger partial charge in [-0.2, -0.15) is 0 Å². The molecule has 0 aliphatic carbocycles. The van der Waals surface area contributed by atoms with Crippen molar-refractivity contribution >= 4 is 49.7 Å². The summed E-state index contributed by atoms with van der Waals surface area (Å²) in [5.41, 5.74) is 0. The Bertz CT molecular complexity index is 770. The number of rotatable bonds is 54. The Morgan fingerprint density at radius 3 is 0.523 bits per heavy atom. The molecule has 0 amide bonds. The molecule has 0 N–H and O–H groups in total. The normalized spacial score (nSPS) is 11.3. The van der Waals surface area contributed by atoms with Crippen LogP contribution in [0, 0.1) is 0 Å². The third kappa shape index (κ3) is 64.1. The third-order valence-electron chi connectivity index (χ3n) is 13.6. The van der Waals surface area contributed by atoms with E-state index in [2.05, 4.69) is 37.5 Å². The molecule has 0 unspecified atom stereocenters. The number of hydrogen-bond acceptors (Lipinski definition) is 6. The van der Waals surface area contributed by atoms with Gasteiger partial charge in [0.2, 0.25) is 0 Å². The van der Waals surface area contributed by atoms with E-state index in [1.165, 1.54) is 283 Å². The van der Waals surface area contributed by atoms with E-state index in [-0.39, 0.29) is 50.6 Å². The summed E-state index contributed by atoms with van der Waals surface area (Å²) in [6.07, 6.45) is 60.2. The fourth-order valence-corrected chi connectivity index (χ4v) is 9.17. The molecule has 0 saturated heterocycles. The molecule has 7 heteroatoms. The van der Waals surface area contributed by atoms with Gasteiger partial charge in [0.1, 0.15) is 0 Å². The summed E-state index contributed by atoms with van der Waals surface area (Å²) in [6.45, 7) is 14.7. The molecule has 0 radical (unpaired) electrons. The molecule has 0 rings (SSSR count). The van der Waals surface area contributed by atoms with Crippen LogP contribution in [0.15, 0.2) is 0 Å². The Morgan fingerprint density at radius 2 is 0.385 bits per heavy atom. The second-order valence-electron chi connectivity index (χ2n) is 20.1. The van der Waals surface area contributed by atoms with E-state index in [1.54, 1.807) is 0 Å². The topological polar surface area (TPSA) is 86.7 Å². The molecule has 0 atom stereocenters. The summed E-state index contributed by atoms with van der Waals surface area (Å²) in [7, 11) is 0. The molecule has 0 aliphatic heterocycles. The molecule has 6 nitrogen and oxygen atoms in total. The summed E-state index contributed by atoms with van der Waals surface area (Å²) in [6, 6.07) is 0. The summed E-state index contributed by atoms with van der Waals surface area (Å²) in [5.74, 6) is -1.82. The van der Waals surface area contributed by atoms with Crippen LogP contribution in [0.1, 0.15) is 323 Å². The molecular weight excluding hydrogens is 829 g/mol. The van der Waals surface area contributed by atoms with E-state index >= 15 is 0 Å². The Hall–Kier alpha value is 0.120. The van der Waals surface area contributed by atoms with Crippen LogP contribution < -0.4 is 10.2 Å². The van der Waals surface area contributed by atoms with E-state index in [9.17, 15) is 19.8 Å². The Kier molecular flexibility index (Phi) is 66.3. The van der Waals surface area contributed by atoms with Gasteiger partial charge in [0.15, 0.2) is 0 Å². The zero-order chi connectivity index (χ0) is 47.1. The molecule has 0 saturated carbocycles. The van der Waals surface area contributed by atoms with E-state index in [0.29, 0.717) is 13.1 Å². The number of nitrogens with zero attached hydrogens (tertiary/aromatic N) is 2. The summed E-state index contributed by atoms with van der Waals surface area (Å²) >= 11 is 0. The van der Waals surface area contributed by atoms with E-state index < -0.39 is 11.9 Å². The van der Waals surface area contributed by atoms with Gasteiger partial charge in [-0.25, -0.2) is 0 Å². The van der Waals surface area contributed by atoms with Crippen LogP contribution >= 0.6 is 0 Å². The van der Waals surface area contributed by atoms with Gasteiger partial charge in [0.05, 0.1) is 0 Å². The van der Waals surface area contributed by atoms with Gasteiger partial charge in [0.25, 0.3) is 0 Å². The molecule has 384 valence electrons. The molecule has 0 spiro atoms. The van der Waals surface area contributed by atoms with Crippen molar-refractivity contribution in [2.24, 2.45) is 0 Å². The monoisotopic (exact) mass is 945 g/mol. The predicted molar refractivity (Wildman–Crippen MR) is 284 cm³/mol. The summed E-state index contributed by atoms with van der Waals surface area (Å²) in [5, 5.41) is 21.8. The van der Waals surface area contributed by atoms with Crippen LogP contribution in [0.25, 0.3) is 0 Å².